The van der Waals surface area contributed by atoms with Crippen LogP contribution in [0.5, 0.6) is 0 Å². The molecule has 1 unspecified atom stereocenters. The number of nitrogens with zero attached hydrogens (tertiary/aromatic N) is 3. The SMILES string of the molecule is CC(N)(c1nc(-c2ncc(Br)cc2Br)no1)C1CC1. The van der Waals surface area contributed by atoms with Crippen LogP contribution in [0.2, 0.25) is 0 Å². The molecule has 0 radical (unpaired) electrons. The first-order chi connectivity index (χ1) is 8.98. The minimum absolute atomic E-state index is 0.433. The van der Waals surface area contributed by atoms with Gasteiger partial charge >= 0.3 is 0 Å². The normalized spacial score (nSPS) is 18.3. The van der Waals surface area contributed by atoms with Crippen LogP contribution < -0.4 is 5.73 Å². The number of nitrogens with two attached hydrogens (primary N) is 1. The van der Waals surface area contributed by atoms with E-state index in [1.54, 1.807) is 6.20 Å². The van der Waals surface area contributed by atoms with Crippen molar-refractivity contribution in [1.82, 2.24) is 15.1 Å². The highest BCUT2D eigenvalue weighted by molar-refractivity contribution is 9.11. The minimum Gasteiger partial charge on any atom is -0.337 e. The molecule has 1 atom stereocenters. The Morgan fingerprint density at radius 3 is 2.79 bits per heavy atom. The maximum Gasteiger partial charge on any atom is 0.247 e. The lowest BCUT2D eigenvalue weighted by molar-refractivity contribution is 0.273. The van der Waals surface area contributed by atoms with Gasteiger partial charge < -0.3 is 10.3 Å². The first kappa shape index (κ1) is 13.2. The Bertz CT molecular complexity index is 622. The third kappa shape index (κ3) is 2.46. The summed E-state index contributed by atoms with van der Waals surface area (Å²) >= 11 is 6.80. The Morgan fingerprint density at radius 1 is 1.42 bits per heavy atom. The molecule has 100 valence electrons. The third-order valence-electron chi connectivity index (χ3n) is 3.33. The molecule has 1 fully saturated rings. The topological polar surface area (TPSA) is 77.8 Å². The van der Waals surface area contributed by atoms with E-state index in [1.165, 1.54) is 0 Å². The lowest BCUT2D eigenvalue weighted by atomic mass is 9.97. The van der Waals surface area contributed by atoms with Gasteiger partial charge in [-0.15, -0.1) is 0 Å². The van der Waals surface area contributed by atoms with Crippen molar-refractivity contribution in [2.24, 2.45) is 11.7 Å². The summed E-state index contributed by atoms with van der Waals surface area (Å²) in [5.74, 6) is 1.36. The van der Waals surface area contributed by atoms with Crippen LogP contribution >= 0.6 is 31.9 Å². The average molecular weight is 388 g/mol. The van der Waals surface area contributed by atoms with Crippen molar-refractivity contribution in [3.05, 3.63) is 27.1 Å². The molecular formula is C12H12Br2N4O. The van der Waals surface area contributed by atoms with Crippen molar-refractivity contribution in [2.75, 3.05) is 0 Å². The second-order valence-electron chi connectivity index (χ2n) is 4.96. The lowest BCUT2D eigenvalue weighted by Crippen LogP contribution is -2.35. The Balaban J connectivity index is 1.96. The molecule has 2 heterocycles. The van der Waals surface area contributed by atoms with Crippen LogP contribution in [0.3, 0.4) is 0 Å². The zero-order valence-electron chi connectivity index (χ0n) is 10.2. The van der Waals surface area contributed by atoms with E-state index in [1.807, 2.05) is 13.0 Å². The van der Waals surface area contributed by atoms with Gasteiger partial charge in [0.25, 0.3) is 0 Å². The third-order valence-corrected chi connectivity index (χ3v) is 4.37. The molecule has 0 aliphatic heterocycles. The highest BCUT2D eigenvalue weighted by atomic mass is 79.9. The fraction of sp³-hybridized carbons (Fsp3) is 0.417. The number of hydrogen-bond donors (Lipinski definition) is 1. The van der Waals surface area contributed by atoms with E-state index in [4.69, 9.17) is 10.3 Å². The molecule has 2 aromatic rings. The van der Waals surface area contributed by atoms with Crippen molar-refractivity contribution >= 4 is 31.9 Å². The molecule has 0 aromatic carbocycles. The minimum atomic E-state index is -0.549. The van der Waals surface area contributed by atoms with Gasteiger partial charge in [-0.3, -0.25) is 4.98 Å². The van der Waals surface area contributed by atoms with E-state index >= 15 is 0 Å². The highest BCUT2D eigenvalue weighted by Crippen LogP contribution is 2.43. The van der Waals surface area contributed by atoms with Gasteiger partial charge in [0.1, 0.15) is 5.69 Å². The molecular weight excluding hydrogens is 376 g/mol. The Morgan fingerprint density at radius 2 is 2.16 bits per heavy atom. The predicted octanol–water partition coefficient (Wildman–Crippen LogP) is 3.24. The maximum absolute atomic E-state index is 6.26. The Hall–Kier alpha value is -0.790. The number of aromatic nitrogens is 3. The summed E-state index contributed by atoms with van der Waals surface area (Å²) in [7, 11) is 0. The molecule has 1 aliphatic rings. The van der Waals surface area contributed by atoms with Crippen LogP contribution in [0.25, 0.3) is 11.5 Å². The summed E-state index contributed by atoms with van der Waals surface area (Å²) in [5.41, 5.74) is 6.36. The smallest absolute Gasteiger partial charge is 0.247 e. The van der Waals surface area contributed by atoms with Crippen molar-refractivity contribution in [1.29, 1.82) is 0 Å². The standard InChI is InChI=1S/C12H12Br2N4O/c1-12(15,6-2-3-6)11-17-10(18-19-11)9-8(14)4-7(13)5-16-9/h4-6H,2-3,15H2,1H3. The predicted molar refractivity (Wildman–Crippen MR) is 77.2 cm³/mol. The molecule has 0 spiro atoms. The van der Waals surface area contributed by atoms with Crippen LogP contribution in [0.4, 0.5) is 0 Å². The summed E-state index contributed by atoms with van der Waals surface area (Å²) in [6, 6.07) is 1.89. The molecule has 2 N–H and O–H groups in total. The molecule has 0 bridgehead atoms. The van der Waals surface area contributed by atoms with E-state index in [-0.39, 0.29) is 0 Å². The molecule has 1 saturated carbocycles. The number of rotatable bonds is 3. The van der Waals surface area contributed by atoms with E-state index in [0.717, 1.165) is 21.8 Å². The number of hydrogen-bond acceptors (Lipinski definition) is 5. The second kappa shape index (κ2) is 4.64. The fourth-order valence-electron chi connectivity index (χ4n) is 1.98. The summed E-state index contributed by atoms with van der Waals surface area (Å²) in [6.45, 7) is 1.94. The molecule has 0 amide bonds. The van der Waals surface area contributed by atoms with Gasteiger partial charge in [0.05, 0.1) is 5.54 Å². The van der Waals surface area contributed by atoms with Gasteiger partial charge in [0.15, 0.2) is 0 Å². The Kier molecular flexibility index (Phi) is 3.23. The number of halogens is 2. The van der Waals surface area contributed by atoms with Gasteiger partial charge in [-0.1, -0.05) is 5.16 Å². The van der Waals surface area contributed by atoms with E-state index in [9.17, 15) is 0 Å². The van der Waals surface area contributed by atoms with E-state index < -0.39 is 5.54 Å². The molecule has 7 heteroatoms. The zero-order valence-corrected chi connectivity index (χ0v) is 13.4. The molecule has 2 aromatic heterocycles. The van der Waals surface area contributed by atoms with Gasteiger partial charge in [0, 0.05) is 15.1 Å². The first-order valence-corrected chi connectivity index (χ1v) is 7.51. The maximum atomic E-state index is 6.26. The quantitative estimate of drug-likeness (QED) is 0.874. The van der Waals surface area contributed by atoms with Gasteiger partial charge in [0.2, 0.25) is 11.7 Å². The molecule has 1 aliphatic carbocycles. The van der Waals surface area contributed by atoms with Crippen molar-refractivity contribution in [3.8, 4) is 11.5 Å². The van der Waals surface area contributed by atoms with E-state index in [0.29, 0.717) is 23.3 Å². The van der Waals surface area contributed by atoms with Gasteiger partial charge in [-0.2, -0.15) is 4.98 Å². The summed E-state index contributed by atoms with van der Waals surface area (Å²) < 4.78 is 7.00. The average Bonchev–Trinajstić information content (AvgIpc) is 3.09. The summed E-state index contributed by atoms with van der Waals surface area (Å²) in [4.78, 5) is 8.68. The summed E-state index contributed by atoms with van der Waals surface area (Å²) in [5, 5.41) is 3.98. The van der Waals surface area contributed by atoms with Crippen LogP contribution in [0.1, 0.15) is 25.7 Å². The second-order valence-corrected chi connectivity index (χ2v) is 6.73. The van der Waals surface area contributed by atoms with Gasteiger partial charge in [-0.05, 0) is 63.6 Å². The fourth-order valence-corrected chi connectivity index (χ4v) is 3.14. The van der Waals surface area contributed by atoms with Crippen molar-refractivity contribution in [2.45, 2.75) is 25.3 Å². The first-order valence-electron chi connectivity index (χ1n) is 5.93. The summed E-state index contributed by atoms with van der Waals surface area (Å²) in [6.07, 6.45) is 3.93. The van der Waals surface area contributed by atoms with Crippen LogP contribution in [-0.2, 0) is 5.54 Å². The zero-order chi connectivity index (χ0) is 13.6. The van der Waals surface area contributed by atoms with Crippen LogP contribution in [0, 0.1) is 5.92 Å². The van der Waals surface area contributed by atoms with Crippen LogP contribution in [-0.4, -0.2) is 15.1 Å². The molecule has 0 saturated heterocycles. The molecule has 3 rings (SSSR count). The van der Waals surface area contributed by atoms with Gasteiger partial charge in [-0.25, -0.2) is 0 Å². The number of pyridine rings is 1. The van der Waals surface area contributed by atoms with E-state index in [2.05, 4.69) is 47.0 Å². The highest BCUT2D eigenvalue weighted by Gasteiger charge is 2.44. The van der Waals surface area contributed by atoms with Crippen molar-refractivity contribution in [3.63, 3.8) is 0 Å². The largest absolute Gasteiger partial charge is 0.337 e. The molecule has 19 heavy (non-hydrogen) atoms. The molecule has 5 nitrogen and oxygen atoms in total. The monoisotopic (exact) mass is 386 g/mol. The lowest BCUT2D eigenvalue weighted by Gasteiger charge is -2.18. The van der Waals surface area contributed by atoms with Crippen molar-refractivity contribution < 1.29 is 4.52 Å². The Labute approximate surface area is 127 Å². The van der Waals surface area contributed by atoms with Crippen LogP contribution in [0.15, 0.2) is 25.7 Å².